The molecule has 0 saturated heterocycles. The van der Waals surface area contributed by atoms with Crippen LogP contribution in [-0.2, 0) is 6.18 Å². The van der Waals surface area contributed by atoms with Crippen LogP contribution in [0.3, 0.4) is 0 Å². The van der Waals surface area contributed by atoms with Crippen LogP contribution < -0.4 is 10.6 Å². The second-order valence-corrected chi connectivity index (χ2v) is 7.50. The molecule has 8 heteroatoms. The van der Waals surface area contributed by atoms with Gasteiger partial charge in [0, 0.05) is 17.6 Å². The maximum absolute atomic E-state index is 13.4. The van der Waals surface area contributed by atoms with Crippen molar-refractivity contribution in [3.8, 4) is 6.07 Å². The lowest BCUT2D eigenvalue weighted by atomic mass is 9.98. The Morgan fingerprint density at radius 3 is 2.13 bits per heavy atom. The van der Waals surface area contributed by atoms with E-state index in [9.17, 15) is 13.2 Å². The molecule has 1 heterocycles. The van der Waals surface area contributed by atoms with Crippen LogP contribution in [0.1, 0.15) is 48.3 Å². The zero-order valence-electron chi connectivity index (χ0n) is 16.6. The third kappa shape index (κ3) is 4.94. The highest BCUT2D eigenvalue weighted by atomic mass is 19.4. The Hall–Kier alpha value is -3.60. The van der Waals surface area contributed by atoms with E-state index >= 15 is 0 Å². The highest BCUT2D eigenvalue weighted by molar-refractivity contribution is 5.63. The first kappa shape index (κ1) is 20.7. The summed E-state index contributed by atoms with van der Waals surface area (Å²) in [5, 5.41) is 14.5. The number of benzene rings is 2. The molecule has 1 fully saturated rings. The first-order chi connectivity index (χ1) is 14.9. The molecule has 0 unspecified atom stereocenters. The van der Waals surface area contributed by atoms with Crippen molar-refractivity contribution < 1.29 is 13.2 Å². The SMILES string of the molecule is N#Cc1ccc(Nc2nc(Nc3ccc(C4CCCC4)cc3)ncc2C(F)(F)F)cc1. The average Bonchev–Trinajstić information content (AvgIpc) is 3.29. The number of hydrogen-bond donors (Lipinski definition) is 2. The number of halogens is 3. The van der Waals surface area contributed by atoms with Crippen LogP contribution in [0.15, 0.2) is 54.7 Å². The van der Waals surface area contributed by atoms with Gasteiger partial charge in [0.2, 0.25) is 5.95 Å². The molecule has 2 N–H and O–H groups in total. The van der Waals surface area contributed by atoms with Gasteiger partial charge in [0.1, 0.15) is 11.4 Å². The maximum Gasteiger partial charge on any atom is 0.421 e. The molecule has 5 nitrogen and oxygen atoms in total. The minimum absolute atomic E-state index is 0.0535. The van der Waals surface area contributed by atoms with E-state index in [1.165, 1.54) is 55.5 Å². The third-order valence-electron chi connectivity index (χ3n) is 5.36. The topological polar surface area (TPSA) is 73.6 Å². The molecule has 0 radical (unpaired) electrons. The summed E-state index contributed by atoms with van der Waals surface area (Å²) < 4.78 is 40.3. The summed E-state index contributed by atoms with van der Waals surface area (Å²) in [7, 11) is 0. The van der Waals surface area contributed by atoms with Crippen molar-refractivity contribution in [2.45, 2.75) is 37.8 Å². The molecular formula is C23H20F3N5. The van der Waals surface area contributed by atoms with Crippen molar-refractivity contribution in [2.24, 2.45) is 0 Å². The van der Waals surface area contributed by atoms with E-state index in [0.29, 0.717) is 22.9 Å². The molecule has 1 aliphatic rings. The van der Waals surface area contributed by atoms with Gasteiger partial charge in [-0.1, -0.05) is 25.0 Å². The van der Waals surface area contributed by atoms with Gasteiger partial charge in [-0.25, -0.2) is 4.98 Å². The molecular weight excluding hydrogens is 403 g/mol. The molecule has 158 valence electrons. The molecule has 0 aliphatic heterocycles. The van der Waals surface area contributed by atoms with Crippen LogP contribution in [0.25, 0.3) is 0 Å². The van der Waals surface area contributed by atoms with E-state index in [2.05, 4.69) is 20.6 Å². The van der Waals surface area contributed by atoms with Gasteiger partial charge in [0.05, 0.1) is 11.6 Å². The summed E-state index contributed by atoms with van der Waals surface area (Å²) in [6.45, 7) is 0. The Labute approximate surface area is 178 Å². The summed E-state index contributed by atoms with van der Waals surface area (Å²) >= 11 is 0. The molecule has 3 aromatic rings. The lowest BCUT2D eigenvalue weighted by molar-refractivity contribution is -0.137. The van der Waals surface area contributed by atoms with Crippen LogP contribution in [0.4, 0.5) is 36.3 Å². The first-order valence-electron chi connectivity index (χ1n) is 10.0. The van der Waals surface area contributed by atoms with Crippen molar-refractivity contribution >= 4 is 23.1 Å². The van der Waals surface area contributed by atoms with E-state index in [-0.39, 0.29) is 11.8 Å². The van der Waals surface area contributed by atoms with Crippen LogP contribution in [0.2, 0.25) is 0 Å². The number of nitriles is 1. The largest absolute Gasteiger partial charge is 0.421 e. The van der Waals surface area contributed by atoms with Crippen LogP contribution >= 0.6 is 0 Å². The summed E-state index contributed by atoms with van der Waals surface area (Å²) in [4.78, 5) is 7.90. The molecule has 4 rings (SSSR count). The van der Waals surface area contributed by atoms with E-state index in [4.69, 9.17) is 5.26 Å². The first-order valence-corrected chi connectivity index (χ1v) is 10.0. The predicted molar refractivity (Wildman–Crippen MR) is 112 cm³/mol. The Bertz CT molecular complexity index is 1080. The van der Waals surface area contributed by atoms with Crippen molar-refractivity contribution in [3.63, 3.8) is 0 Å². The van der Waals surface area contributed by atoms with Crippen LogP contribution in [0.5, 0.6) is 0 Å². The van der Waals surface area contributed by atoms with Crippen molar-refractivity contribution in [2.75, 3.05) is 10.6 Å². The highest BCUT2D eigenvalue weighted by Gasteiger charge is 2.35. The zero-order chi connectivity index (χ0) is 21.8. The van der Waals surface area contributed by atoms with Gasteiger partial charge in [-0.2, -0.15) is 23.4 Å². The zero-order valence-corrected chi connectivity index (χ0v) is 16.6. The predicted octanol–water partition coefficient (Wildman–Crippen LogP) is 6.51. The van der Waals surface area contributed by atoms with Crippen LogP contribution in [0, 0.1) is 11.3 Å². The Morgan fingerprint density at radius 2 is 1.52 bits per heavy atom. The molecule has 1 aromatic heterocycles. The number of hydrogen-bond acceptors (Lipinski definition) is 5. The number of rotatable bonds is 5. The van der Waals surface area contributed by atoms with E-state index in [0.717, 1.165) is 6.20 Å². The second-order valence-electron chi connectivity index (χ2n) is 7.50. The monoisotopic (exact) mass is 423 g/mol. The highest BCUT2D eigenvalue weighted by Crippen LogP contribution is 2.36. The number of nitrogens with zero attached hydrogens (tertiary/aromatic N) is 3. The Balaban J connectivity index is 1.56. The number of nitrogens with one attached hydrogen (secondary N) is 2. The number of aromatic nitrogens is 2. The van der Waals surface area contributed by atoms with Gasteiger partial charge in [-0.15, -0.1) is 0 Å². The summed E-state index contributed by atoms with van der Waals surface area (Å²) in [5.74, 6) is 0.273. The van der Waals surface area contributed by atoms with Gasteiger partial charge in [-0.3, -0.25) is 0 Å². The van der Waals surface area contributed by atoms with Gasteiger partial charge in [-0.05, 0) is 60.7 Å². The minimum atomic E-state index is -4.61. The van der Waals surface area contributed by atoms with Gasteiger partial charge in [0.25, 0.3) is 0 Å². The van der Waals surface area contributed by atoms with Gasteiger partial charge >= 0.3 is 6.18 Å². The molecule has 2 aromatic carbocycles. The molecule has 0 amide bonds. The van der Waals surface area contributed by atoms with Crippen molar-refractivity contribution in [3.05, 3.63) is 71.4 Å². The normalized spacial score (nSPS) is 14.3. The van der Waals surface area contributed by atoms with Gasteiger partial charge in [0.15, 0.2) is 0 Å². The average molecular weight is 423 g/mol. The quantitative estimate of drug-likeness (QED) is 0.489. The standard InChI is InChI=1S/C23H20F3N5/c24-23(25,26)20-14-28-22(31-21(20)29-18-9-5-15(13-27)6-10-18)30-19-11-7-17(8-12-19)16-3-1-2-4-16/h5-12,14,16H,1-4H2,(H2,28,29,30,31). The second kappa shape index (κ2) is 8.64. The smallest absolute Gasteiger partial charge is 0.340 e. The van der Waals surface area contributed by atoms with Crippen molar-refractivity contribution in [1.29, 1.82) is 5.26 Å². The Kier molecular flexibility index (Phi) is 5.76. The molecule has 31 heavy (non-hydrogen) atoms. The fraction of sp³-hybridized carbons (Fsp3) is 0.261. The number of alkyl halides is 3. The lowest BCUT2D eigenvalue weighted by Gasteiger charge is -2.15. The van der Waals surface area contributed by atoms with Crippen LogP contribution in [-0.4, -0.2) is 9.97 Å². The third-order valence-corrected chi connectivity index (χ3v) is 5.36. The molecule has 1 aliphatic carbocycles. The minimum Gasteiger partial charge on any atom is -0.340 e. The summed E-state index contributed by atoms with van der Waals surface area (Å²) in [6, 6.07) is 15.9. The Morgan fingerprint density at radius 1 is 0.903 bits per heavy atom. The van der Waals surface area contributed by atoms with Crippen molar-refractivity contribution in [1.82, 2.24) is 9.97 Å². The van der Waals surface area contributed by atoms with E-state index < -0.39 is 11.7 Å². The summed E-state index contributed by atoms with van der Waals surface area (Å²) in [6.07, 6.45) is 1.03. The molecule has 1 saturated carbocycles. The van der Waals surface area contributed by atoms with Gasteiger partial charge < -0.3 is 10.6 Å². The number of anilines is 4. The molecule has 0 spiro atoms. The maximum atomic E-state index is 13.4. The fourth-order valence-electron chi connectivity index (χ4n) is 3.74. The molecule has 0 bridgehead atoms. The molecule has 0 atom stereocenters. The summed E-state index contributed by atoms with van der Waals surface area (Å²) in [5.41, 5.74) is 1.80. The van der Waals surface area contributed by atoms with E-state index in [1.807, 2.05) is 30.3 Å². The lowest BCUT2D eigenvalue weighted by Crippen LogP contribution is -2.12. The fourth-order valence-corrected chi connectivity index (χ4v) is 3.74. The van der Waals surface area contributed by atoms with E-state index in [1.54, 1.807) is 0 Å².